The molecule has 1 saturated heterocycles. The number of nitrogens with zero attached hydrogens (tertiary/aromatic N) is 4. The van der Waals surface area contributed by atoms with Crippen LogP contribution in [0.5, 0.6) is 11.5 Å². The van der Waals surface area contributed by atoms with E-state index in [0.29, 0.717) is 24.6 Å². The van der Waals surface area contributed by atoms with Crippen molar-refractivity contribution in [2.24, 2.45) is 5.92 Å². The van der Waals surface area contributed by atoms with Crippen LogP contribution in [0.15, 0.2) is 42.7 Å². The molecule has 0 saturated carbocycles. The second-order valence-corrected chi connectivity index (χ2v) is 8.05. The van der Waals surface area contributed by atoms with Crippen molar-refractivity contribution in [1.82, 2.24) is 20.1 Å². The molecule has 1 atom stereocenters. The van der Waals surface area contributed by atoms with Gasteiger partial charge in [-0.05, 0) is 31.0 Å². The van der Waals surface area contributed by atoms with Gasteiger partial charge in [-0.25, -0.2) is 0 Å². The van der Waals surface area contributed by atoms with E-state index in [4.69, 9.17) is 9.47 Å². The Kier molecular flexibility index (Phi) is 6.18. The largest absolute Gasteiger partial charge is 0.493 e. The number of hydrogen-bond donors (Lipinski definition) is 1. The highest BCUT2D eigenvalue weighted by atomic mass is 32.1. The lowest BCUT2D eigenvalue weighted by molar-refractivity contribution is -0.125. The standard InChI is InChI=1S/C21H25N5O3S/c1-28-17-9-5-7-15(18(17)29-2)13-22-19(27)16-8-6-12-26(14-16)21-24-23-20(30-21)25-10-3-4-11-25/h3-5,7,9-11,16H,6,8,12-14H2,1-2H3,(H,22,27)/t16-/m1/s1. The average molecular weight is 428 g/mol. The summed E-state index contributed by atoms with van der Waals surface area (Å²) in [7, 11) is 3.21. The Morgan fingerprint density at radius 3 is 2.73 bits per heavy atom. The quantitative estimate of drug-likeness (QED) is 0.624. The smallest absolute Gasteiger partial charge is 0.225 e. The van der Waals surface area contributed by atoms with Crippen molar-refractivity contribution in [2.45, 2.75) is 19.4 Å². The van der Waals surface area contributed by atoms with E-state index in [-0.39, 0.29) is 11.8 Å². The van der Waals surface area contributed by atoms with Gasteiger partial charge in [0.1, 0.15) is 0 Å². The van der Waals surface area contributed by atoms with E-state index < -0.39 is 0 Å². The van der Waals surface area contributed by atoms with Gasteiger partial charge in [-0.1, -0.05) is 23.5 Å². The molecule has 1 aromatic carbocycles. The minimum absolute atomic E-state index is 0.0414. The van der Waals surface area contributed by atoms with E-state index in [1.807, 2.05) is 47.3 Å². The van der Waals surface area contributed by atoms with Crippen LogP contribution in [0.1, 0.15) is 18.4 Å². The summed E-state index contributed by atoms with van der Waals surface area (Å²) in [5.41, 5.74) is 0.887. The lowest BCUT2D eigenvalue weighted by atomic mass is 9.97. The zero-order valence-corrected chi connectivity index (χ0v) is 17.9. The molecule has 8 nitrogen and oxygen atoms in total. The normalized spacial score (nSPS) is 16.3. The van der Waals surface area contributed by atoms with Gasteiger partial charge in [-0.2, -0.15) is 0 Å². The summed E-state index contributed by atoms with van der Waals surface area (Å²) in [5.74, 6) is 1.26. The number of methoxy groups -OCH3 is 2. The number of aromatic nitrogens is 3. The van der Waals surface area contributed by atoms with Crippen LogP contribution in [-0.4, -0.2) is 48.0 Å². The zero-order chi connectivity index (χ0) is 20.9. The molecule has 3 aromatic rings. The van der Waals surface area contributed by atoms with Gasteiger partial charge in [0.2, 0.25) is 16.2 Å². The topological polar surface area (TPSA) is 81.5 Å². The summed E-state index contributed by atoms with van der Waals surface area (Å²) in [4.78, 5) is 15.0. The van der Waals surface area contributed by atoms with Crippen LogP contribution in [0, 0.1) is 5.92 Å². The molecule has 1 amide bonds. The van der Waals surface area contributed by atoms with E-state index in [0.717, 1.165) is 35.2 Å². The fourth-order valence-electron chi connectivity index (χ4n) is 3.69. The van der Waals surface area contributed by atoms with Gasteiger partial charge in [0.25, 0.3) is 0 Å². The minimum atomic E-state index is -0.0886. The van der Waals surface area contributed by atoms with Crippen LogP contribution < -0.4 is 19.7 Å². The van der Waals surface area contributed by atoms with Crippen molar-refractivity contribution in [2.75, 3.05) is 32.2 Å². The Morgan fingerprint density at radius 1 is 1.17 bits per heavy atom. The molecule has 158 valence electrons. The number of para-hydroxylation sites is 1. The van der Waals surface area contributed by atoms with Gasteiger partial charge in [0.15, 0.2) is 11.5 Å². The van der Waals surface area contributed by atoms with Crippen LogP contribution >= 0.6 is 11.3 Å². The molecule has 2 aromatic heterocycles. The highest BCUT2D eigenvalue weighted by Gasteiger charge is 2.28. The SMILES string of the molecule is COc1cccc(CNC(=O)[C@@H]2CCCN(c3nnc(-n4cccc4)s3)C2)c1OC. The highest BCUT2D eigenvalue weighted by Crippen LogP contribution is 2.31. The number of hydrogen-bond acceptors (Lipinski definition) is 7. The first-order valence-corrected chi connectivity index (χ1v) is 10.7. The van der Waals surface area contributed by atoms with Crippen molar-refractivity contribution < 1.29 is 14.3 Å². The van der Waals surface area contributed by atoms with Gasteiger partial charge < -0.3 is 19.7 Å². The first-order chi connectivity index (χ1) is 14.7. The molecule has 9 heteroatoms. The third-order valence-electron chi connectivity index (χ3n) is 5.23. The molecule has 1 aliphatic rings. The Bertz CT molecular complexity index is 988. The number of anilines is 1. The number of ether oxygens (including phenoxy) is 2. The summed E-state index contributed by atoms with van der Waals surface area (Å²) >= 11 is 1.53. The average Bonchev–Trinajstić information content (AvgIpc) is 3.49. The number of rotatable bonds is 7. The van der Waals surface area contributed by atoms with E-state index in [2.05, 4.69) is 20.4 Å². The minimum Gasteiger partial charge on any atom is -0.493 e. The number of benzene rings is 1. The summed E-state index contributed by atoms with van der Waals surface area (Å²) < 4.78 is 12.7. The fraction of sp³-hybridized carbons (Fsp3) is 0.381. The maximum atomic E-state index is 12.8. The Hall–Kier alpha value is -3.07. The predicted octanol–water partition coefficient (Wildman–Crippen LogP) is 2.88. The third kappa shape index (κ3) is 4.25. The van der Waals surface area contributed by atoms with Crippen molar-refractivity contribution in [3.8, 4) is 16.6 Å². The van der Waals surface area contributed by atoms with Gasteiger partial charge in [0, 0.05) is 37.6 Å². The Morgan fingerprint density at radius 2 is 1.97 bits per heavy atom. The number of nitrogens with one attached hydrogen (secondary N) is 1. The second kappa shape index (κ2) is 9.17. The predicted molar refractivity (Wildman–Crippen MR) is 116 cm³/mol. The maximum Gasteiger partial charge on any atom is 0.225 e. The molecule has 0 bridgehead atoms. The van der Waals surface area contributed by atoms with Crippen molar-refractivity contribution >= 4 is 22.4 Å². The third-order valence-corrected chi connectivity index (χ3v) is 6.23. The molecule has 1 aliphatic heterocycles. The Balaban J connectivity index is 1.38. The molecule has 1 N–H and O–H groups in total. The molecule has 30 heavy (non-hydrogen) atoms. The van der Waals surface area contributed by atoms with Crippen molar-refractivity contribution in [3.05, 3.63) is 48.3 Å². The van der Waals surface area contributed by atoms with E-state index >= 15 is 0 Å². The lowest BCUT2D eigenvalue weighted by Gasteiger charge is -2.31. The lowest BCUT2D eigenvalue weighted by Crippen LogP contribution is -2.43. The summed E-state index contributed by atoms with van der Waals surface area (Å²) in [6.07, 6.45) is 5.70. The van der Waals surface area contributed by atoms with E-state index in [1.54, 1.807) is 14.2 Å². The maximum absolute atomic E-state index is 12.8. The van der Waals surface area contributed by atoms with Crippen molar-refractivity contribution in [1.29, 1.82) is 0 Å². The molecule has 0 unspecified atom stereocenters. The molecule has 0 spiro atoms. The first kappa shape index (κ1) is 20.2. The van der Waals surface area contributed by atoms with Crippen LogP contribution in [0.4, 0.5) is 5.13 Å². The molecule has 1 fully saturated rings. The van der Waals surface area contributed by atoms with Gasteiger partial charge in [-0.15, -0.1) is 10.2 Å². The summed E-state index contributed by atoms with van der Waals surface area (Å²) in [6.45, 7) is 1.92. The van der Waals surface area contributed by atoms with Gasteiger partial charge >= 0.3 is 0 Å². The Labute approximate surface area is 179 Å². The first-order valence-electron chi connectivity index (χ1n) is 9.89. The number of piperidine rings is 1. The molecule has 0 radical (unpaired) electrons. The monoisotopic (exact) mass is 427 g/mol. The van der Waals surface area contributed by atoms with Crippen molar-refractivity contribution in [3.63, 3.8) is 0 Å². The molecule has 3 heterocycles. The summed E-state index contributed by atoms with van der Waals surface area (Å²) in [5, 5.41) is 13.3. The van der Waals surface area contributed by atoms with Crippen LogP contribution in [-0.2, 0) is 11.3 Å². The van der Waals surface area contributed by atoms with Gasteiger partial charge in [-0.3, -0.25) is 9.36 Å². The zero-order valence-electron chi connectivity index (χ0n) is 17.1. The molecule has 4 rings (SSSR count). The molecular formula is C21H25N5O3S. The van der Waals surface area contributed by atoms with Crippen LogP contribution in [0.2, 0.25) is 0 Å². The number of carbonyl (C=O) groups excluding carboxylic acids is 1. The number of amides is 1. The highest BCUT2D eigenvalue weighted by molar-refractivity contribution is 7.17. The molecule has 0 aliphatic carbocycles. The number of carbonyl (C=O) groups is 1. The fourth-order valence-corrected chi connectivity index (χ4v) is 4.54. The molecular weight excluding hydrogens is 402 g/mol. The summed E-state index contributed by atoms with van der Waals surface area (Å²) in [6, 6.07) is 9.58. The van der Waals surface area contributed by atoms with E-state index in [9.17, 15) is 4.79 Å². The van der Waals surface area contributed by atoms with Crippen LogP contribution in [0.3, 0.4) is 0 Å². The second-order valence-electron chi connectivity index (χ2n) is 7.11. The van der Waals surface area contributed by atoms with Crippen LogP contribution in [0.25, 0.3) is 5.13 Å². The van der Waals surface area contributed by atoms with E-state index in [1.165, 1.54) is 11.3 Å². The van der Waals surface area contributed by atoms with Gasteiger partial charge in [0.05, 0.1) is 20.1 Å².